The third kappa shape index (κ3) is 5.24. The van der Waals surface area contributed by atoms with Gasteiger partial charge in [-0.1, -0.05) is 6.92 Å². The minimum absolute atomic E-state index is 0.0363. The average molecular weight is 187 g/mol. The Balaban J connectivity index is 3.53. The first-order valence-corrected chi connectivity index (χ1v) is 5.44. The van der Waals surface area contributed by atoms with Crippen LogP contribution >= 0.6 is 19.2 Å². The maximum absolute atomic E-state index is 10.8. The summed E-state index contributed by atoms with van der Waals surface area (Å²) in [7, 11) is -3.34. The normalized spacial score (nSPS) is 16.7. The van der Waals surface area contributed by atoms with Gasteiger partial charge in [0.1, 0.15) is 0 Å². The second kappa shape index (κ2) is 5.14. The second-order valence-electron chi connectivity index (χ2n) is 1.88. The lowest BCUT2D eigenvalue weighted by Gasteiger charge is -2.08. The van der Waals surface area contributed by atoms with Crippen molar-refractivity contribution in [2.45, 2.75) is 13.3 Å². The van der Waals surface area contributed by atoms with Crippen molar-refractivity contribution >= 4 is 19.2 Å². The smallest absolute Gasteiger partial charge is 0.324 e. The molecule has 1 N–H and O–H groups in total. The molecule has 3 nitrogen and oxygen atoms in total. The van der Waals surface area contributed by atoms with Crippen LogP contribution in [0.25, 0.3) is 0 Å². The molecule has 1 atom stereocenters. The van der Waals surface area contributed by atoms with Gasteiger partial charge in [0, 0.05) is 5.88 Å². The highest BCUT2D eigenvalue weighted by Crippen LogP contribution is 2.41. The summed E-state index contributed by atoms with van der Waals surface area (Å²) < 4.78 is 15.5. The van der Waals surface area contributed by atoms with Gasteiger partial charge in [-0.3, -0.25) is 4.57 Å². The standard InChI is InChI=1S/C5H12ClO3P/c1-2-4-9-10(7,8)5-3-6/h2-5H2,1H3,(H,7,8). The maximum atomic E-state index is 10.8. The van der Waals surface area contributed by atoms with E-state index in [4.69, 9.17) is 16.5 Å². The van der Waals surface area contributed by atoms with Gasteiger partial charge in [-0.05, 0) is 6.42 Å². The summed E-state index contributed by atoms with van der Waals surface area (Å²) >= 11 is 5.25. The second-order valence-corrected chi connectivity index (χ2v) is 4.24. The number of halogens is 1. The van der Waals surface area contributed by atoms with Crippen molar-refractivity contribution in [3.05, 3.63) is 0 Å². The van der Waals surface area contributed by atoms with E-state index in [-0.39, 0.29) is 12.0 Å². The van der Waals surface area contributed by atoms with Crippen molar-refractivity contribution in [3.8, 4) is 0 Å². The monoisotopic (exact) mass is 186 g/mol. The lowest BCUT2D eigenvalue weighted by Crippen LogP contribution is -1.96. The van der Waals surface area contributed by atoms with Gasteiger partial charge in [0.15, 0.2) is 0 Å². The molecule has 0 rings (SSSR count). The fourth-order valence-corrected chi connectivity index (χ4v) is 1.86. The van der Waals surface area contributed by atoms with Crippen molar-refractivity contribution in [2.24, 2.45) is 0 Å². The molecule has 0 bridgehead atoms. The molecule has 0 saturated carbocycles. The first-order chi connectivity index (χ1) is 4.62. The van der Waals surface area contributed by atoms with Crippen LogP contribution in [0.3, 0.4) is 0 Å². The molecular weight excluding hydrogens is 174 g/mol. The van der Waals surface area contributed by atoms with Gasteiger partial charge < -0.3 is 9.42 Å². The molecule has 0 aliphatic carbocycles. The van der Waals surface area contributed by atoms with Crippen molar-refractivity contribution in [3.63, 3.8) is 0 Å². The Kier molecular flexibility index (Phi) is 5.36. The summed E-state index contributed by atoms with van der Waals surface area (Å²) in [6.07, 6.45) is 0.779. The third-order valence-electron chi connectivity index (χ3n) is 0.864. The van der Waals surface area contributed by atoms with Gasteiger partial charge in [-0.25, -0.2) is 0 Å². The number of hydrogen-bond acceptors (Lipinski definition) is 2. The van der Waals surface area contributed by atoms with E-state index in [1.165, 1.54) is 0 Å². The van der Waals surface area contributed by atoms with Gasteiger partial charge in [0.05, 0.1) is 12.8 Å². The van der Waals surface area contributed by atoms with E-state index in [9.17, 15) is 4.57 Å². The quantitative estimate of drug-likeness (QED) is 0.526. The Morgan fingerprint density at radius 1 is 1.70 bits per heavy atom. The molecule has 0 aromatic heterocycles. The van der Waals surface area contributed by atoms with Crippen LogP contribution in [0.5, 0.6) is 0 Å². The van der Waals surface area contributed by atoms with E-state index in [1.807, 2.05) is 6.92 Å². The molecular formula is C5H12ClO3P. The van der Waals surface area contributed by atoms with E-state index in [0.717, 1.165) is 6.42 Å². The molecule has 0 spiro atoms. The Bertz CT molecular complexity index is 128. The van der Waals surface area contributed by atoms with E-state index in [1.54, 1.807) is 0 Å². The summed E-state index contributed by atoms with van der Waals surface area (Å²) in [5, 5.41) is 0. The molecule has 0 saturated heterocycles. The highest BCUT2D eigenvalue weighted by Gasteiger charge is 2.16. The molecule has 62 valence electrons. The predicted octanol–water partition coefficient (Wildman–Crippen LogP) is 1.84. The van der Waals surface area contributed by atoms with Gasteiger partial charge in [0.2, 0.25) is 0 Å². The number of rotatable bonds is 5. The van der Waals surface area contributed by atoms with Crippen LogP contribution in [0.4, 0.5) is 0 Å². The van der Waals surface area contributed by atoms with E-state index in [2.05, 4.69) is 4.52 Å². The molecule has 0 fully saturated rings. The van der Waals surface area contributed by atoms with Crippen molar-refractivity contribution in [1.29, 1.82) is 0 Å². The Morgan fingerprint density at radius 3 is 2.70 bits per heavy atom. The van der Waals surface area contributed by atoms with E-state index < -0.39 is 7.60 Å². The van der Waals surface area contributed by atoms with Crippen molar-refractivity contribution in [1.82, 2.24) is 0 Å². The zero-order valence-corrected chi connectivity index (χ0v) is 7.57. The SMILES string of the molecule is CCCOP(=O)(O)CCCl. The van der Waals surface area contributed by atoms with E-state index in [0.29, 0.717) is 6.61 Å². The summed E-state index contributed by atoms with van der Waals surface area (Å²) in [6, 6.07) is 0. The summed E-state index contributed by atoms with van der Waals surface area (Å²) in [6.45, 7) is 2.20. The molecule has 0 aliphatic rings. The fourth-order valence-electron chi connectivity index (χ4n) is 0.405. The summed E-state index contributed by atoms with van der Waals surface area (Å²) in [5.41, 5.74) is 0. The topological polar surface area (TPSA) is 46.5 Å². The van der Waals surface area contributed by atoms with Crippen LogP contribution in [0.15, 0.2) is 0 Å². The Labute approximate surface area is 65.9 Å². The molecule has 5 heteroatoms. The Hall–Kier alpha value is 0.440. The maximum Gasteiger partial charge on any atom is 0.329 e. The van der Waals surface area contributed by atoms with Crippen LogP contribution in [0.2, 0.25) is 0 Å². The van der Waals surface area contributed by atoms with Gasteiger partial charge in [-0.15, -0.1) is 11.6 Å². The van der Waals surface area contributed by atoms with Gasteiger partial charge >= 0.3 is 7.60 Å². The van der Waals surface area contributed by atoms with E-state index >= 15 is 0 Å². The lowest BCUT2D eigenvalue weighted by atomic mass is 10.5. The molecule has 10 heavy (non-hydrogen) atoms. The molecule has 0 aromatic rings. The van der Waals surface area contributed by atoms with Crippen LogP contribution in [0, 0.1) is 0 Å². The zero-order chi connectivity index (χ0) is 8.04. The average Bonchev–Trinajstić information content (AvgIpc) is 1.84. The molecule has 1 unspecified atom stereocenters. The third-order valence-corrected chi connectivity index (χ3v) is 2.69. The minimum atomic E-state index is -3.34. The largest absolute Gasteiger partial charge is 0.329 e. The fraction of sp³-hybridized carbons (Fsp3) is 1.00. The summed E-state index contributed by atoms with van der Waals surface area (Å²) in [5.74, 6) is 0.164. The lowest BCUT2D eigenvalue weighted by molar-refractivity contribution is 0.261. The van der Waals surface area contributed by atoms with Crippen molar-refractivity contribution in [2.75, 3.05) is 18.6 Å². The summed E-state index contributed by atoms with van der Waals surface area (Å²) in [4.78, 5) is 8.89. The first kappa shape index (κ1) is 10.4. The van der Waals surface area contributed by atoms with Gasteiger partial charge in [-0.2, -0.15) is 0 Å². The highest BCUT2D eigenvalue weighted by molar-refractivity contribution is 7.52. The van der Waals surface area contributed by atoms with Crippen LogP contribution in [-0.2, 0) is 9.09 Å². The zero-order valence-electron chi connectivity index (χ0n) is 5.92. The van der Waals surface area contributed by atoms with Crippen LogP contribution < -0.4 is 0 Å². The molecule has 0 radical (unpaired) electrons. The van der Waals surface area contributed by atoms with Gasteiger partial charge in [0.25, 0.3) is 0 Å². The number of hydrogen-bond donors (Lipinski definition) is 1. The van der Waals surface area contributed by atoms with Crippen molar-refractivity contribution < 1.29 is 14.0 Å². The molecule has 0 amide bonds. The number of alkyl halides is 1. The first-order valence-electron chi connectivity index (χ1n) is 3.14. The minimum Gasteiger partial charge on any atom is -0.324 e. The highest BCUT2D eigenvalue weighted by atomic mass is 35.5. The Morgan fingerprint density at radius 2 is 2.30 bits per heavy atom. The molecule has 0 aliphatic heterocycles. The van der Waals surface area contributed by atoms with Crippen LogP contribution in [0.1, 0.15) is 13.3 Å². The molecule has 0 aromatic carbocycles. The molecule has 0 heterocycles. The predicted molar refractivity (Wildman–Crippen MR) is 41.7 cm³/mol. The van der Waals surface area contributed by atoms with Crippen LogP contribution in [-0.4, -0.2) is 23.5 Å².